The third-order valence-electron chi connectivity index (χ3n) is 3.64. The number of carbonyl (C=O) groups excluding carboxylic acids is 2. The molecule has 0 unspecified atom stereocenters. The first kappa shape index (κ1) is 16.0. The molecule has 0 aliphatic carbocycles. The summed E-state index contributed by atoms with van der Waals surface area (Å²) in [5.41, 5.74) is 6.40. The van der Waals surface area contributed by atoms with Gasteiger partial charge in [0.1, 0.15) is 0 Å². The van der Waals surface area contributed by atoms with Crippen molar-refractivity contribution in [1.29, 1.82) is 0 Å². The summed E-state index contributed by atoms with van der Waals surface area (Å²) in [6.07, 6.45) is 0.772. The lowest BCUT2D eigenvalue weighted by Crippen LogP contribution is -2.40. The largest absolute Gasteiger partial charge is 0.346 e. The molecular weight excluding hydrogens is 278 g/mol. The summed E-state index contributed by atoms with van der Waals surface area (Å²) in [4.78, 5) is 24.6. The second-order valence-corrected chi connectivity index (χ2v) is 5.18. The zero-order valence-electron chi connectivity index (χ0n) is 12.7. The number of hydrogen-bond acceptors (Lipinski definition) is 3. The molecule has 0 saturated heterocycles. The summed E-state index contributed by atoms with van der Waals surface area (Å²) in [6.45, 7) is 0.487. The number of fused-ring (bicyclic) bond motifs is 1. The van der Waals surface area contributed by atoms with E-state index in [1.165, 1.54) is 16.3 Å². The molecule has 0 spiro atoms. The fourth-order valence-corrected chi connectivity index (χ4v) is 2.30. The highest BCUT2D eigenvalue weighted by atomic mass is 16.2. The van der Waals surface area contributed by atoms with Gasteiger partial charge in [0.25, 0.3) is 0 Å². The van der Waals surface area contributed by atoms with Gasteiger partial charge in [-0.1, -0.05) is 42.5 Å². The predicted octanol–water partition coefficient (Wildman–Crippen LogP) is 0.916. The minimum absolute atomic E-state index is 0.0118. The Labute approximate surface area is 130 Å². The number of rotatable bonds is 6. The fraction of sp³-hybridized carbons (Fsp3) is 0.294. The lowest BCUT2D eigenvalue weighted by Gasteiger charge is -2.18. The summed E-state index contributed by atoms with van der Waals surface area (Å²) in [5, 5.41) is 4.89. The highest BCUT2D eigenvalue weighted by molar-refractivity contribution is 5.86. The van der Waals surface area contributed by atoms with E-state index in [2.05, 4.69) is 29.6 Å². The van der Waals surface area contributed by atoms with Gasteiger partial charge in [0.15, 0.2) is 0 Å². The number of likely N-dealkylation sites (N-methyl/N-ethyl adjacent to an activating group) is 1. The van der Waals surface area contributed by atoms with E-state index in [0.717, 1.165) is 6.42 Å². The first-order valence-electron chi connectivity index (χ1n) is 7.29. The van der Waals surface area contributed by atoms with Crippen molar-refractivity contribution >= 4 is 22.6 Å². The van der Waals surface area contributed by atoms with Crippen molar-refractivity contribution in [3.63, 3.8) is 0 Å². The zero-order chi connectivity index (χ0) is 15.9. The Morgan fingerprint density at radius 3 is 2.64 bits per heavy atom. The standard InChI is InChI=1S/C17H21N3O2/c1-20(17(22)12-19-16(21)11-18)10-9-14-7-4-6-13-5-2-3-8-15(13)14/h2-8H,9-12,18H2,1H3,(H,19,21). The van der Waals surface area contributed by atoms with Gasteiger partial charge in [-0.3, -0.25) is 9.59 Å². The minimum Gasteiger partial charge on any atom is -0.346 e. The third-order valence-corrected chi connectivity index (χ3v) is 3.64. The zero-order valence-corrected chi connectivity index (χ0v) is 12.7. The van der Waals surface area contributed by atoms with E-state index in [9.17, 15) is 9.59 Å². The molecule has 0 saturated carbocycles. The van der Waals surface area contributed by atoms with Gasteiger partial charge in [0, 0.05) is 13.6 Å². The van der Waals surface area contributed by atoms with Crippen molar-refractivity contribution in [2.45, 2.75) is 6.42 Å². The monoisotopic (exact) mass is 299 g/mol. The number of nitrogens with two attached hydrogens (primary N) is 1. The Morgan fingerprint density at radius 2 is 1.86 bits per heavy atom. The van der Waals surface area contributed by atoms with E-state index in [-0.39, 0.29) is 24.9 Å². The van der Waals surface area contributed by atoms with Gasteiger partial charge in [0.2, 0.25) is 11.8 Å². The summed E-state index contributed by atoms with van der Waals surface area (Å²) >= 11 is 0. The first-order chi connectivity index (χ1) is 10.6. The van der Waals surface area contributed by atoms with Crippen LogP contribution in [0.4, 0.5) is 0 Å². The topological polar surface area (TPSA) is 75.4 Å². The number of nitrogens with zero attached hydrogens (tertiary/aromatic N) is 1. The smallest absolute Gasteiger partial charge is 0.241 e. The van der Waals surface area contributed by atoms with Gasteiger partial charge >= 0.3 is 0 Å². The average molecular weight is 299 g/mol. The van der Waals surface area contributed by atoms with Crippen LogP contribution in [-0.4, -0.2) is 43.4 Å². The molecule has 0 aliphatic heterocycles. The van der Waals surface area contributed by atoms with Crippen LogP contribution in [0.15, 0.2) is 42.5 Å². The van der Waals surface area contributed by atoms with E-state index in [4.69, 9.17) is 5.73 Å². The van der Waals surface area contributed by atoms with Crippen molar-refractivity contribution < 1.29 is 9.59 Å². The summed E-state index contributed by atoms with van der Waals surface area (Å²) in [7, 11) is 1.74. The molecule has 116 valence electrons. The molecule has 0 heterocycles. The lowest BCUT2D eigenvalue weighted by atomic mass is 10.0. The maximum atomic E-state index is 11.9. The van der Waals surface area contributed by atoms with Crippen molar-refractivity contribution in [2.24, 2.45) is 5.73 Å². The van der Waals surface area contributed by atoms with E-state index in [1.54, 1.807) is 11.9 Å². The highest BCUT2D eigenvalue weighted by Crippen LogP contribution is 2.18. The van der Waals surface area contributed by atoms with Gasteiger partial charge in [0.05, 0.1) is 13.1 Å². The molecule has 0 radical (unpaired) electrons. The number of benzene rings is 2. The number of amides is 2. The van der Waals surface area contributed by atoms with Gasteiger partial charge < -0.3 is 16.0 Å². The summed E-state index contributed by atoms with van der Waals surface area (Å²) < 4.78 is 0. The molecule has 2 amide bonds. The van der Waals surface area contributed by atoms with Gasteiger partial charge in [-0.2, -0.15) is 0 Å². The second kappa shape index (κ2) is 7.56. The van der Waals surface area contributed by atoms with Crippen LogP contribution in [0.1, 0.15) is 5.56 Å². The SMILES string of the molecule is CN(CCc1cccc2ccccc12)C(=O)CNC(=O)CN. The summed E-state index contributed by atoms with van der Waals surface area (Å²) in [6, 6.07) is 14.4. The molecule has 2 aromatic carbocycles. The van der Waals surface area contributed by atoms with Crippen LogP contribution in [0.2, 0.25) is 0 Å². The molecule has 2 aromatic rings. The molecule has 0 aromatic heterocycles. The Hall–Kier alpha value is -2.40. The van der Waals surface area contributed by atoms with Crippen LogP contribution in [-0.2, 0) is 16.0 Å². The number of carbonyl (C=O) groups is 2. The summed E-state index contributed by atoms with van der Waals surface area (Å²) in [5.74, 6) is -0.446. The van der Waals surface area contributed by atoms with Gasteiger partial charge in [-0.05, 0) is 22.8 Å². The molecule has 5 nitrogen and oxygen atoms in total. The van der Waals surface area contributed by atoms with E-state index < -0.39 is 0 Å². The minimum atomic E-state index is -0.323. The molecule has 0 bridgehead atoms. The Balaban J connectivity index is 1.94. The normalized spacial score (nSPS) is 10.5. The molecule has 0 aliphatic rings. The maximum Gasteiger partial charge on any atom is 0.241 e. The number of nitrogens with one attached hydrogen (secondary N) is 1. The van der Waals surface area contributed by atoms with Gasteiger partial charge in [-0.15, -0.1) is 0 Å². The van der Waals surface area contributed by atoms with Crippen LogP contribution in [0, 0.1) is 0 Å². The third kappa shape index (κ3) is 4.05. The second-order valence-electron chi connectivity index (χ2n) is 5.18. The lowest BCUT2D eigenvalue weighted by molar-refractivity contribution is -0.131. The fourth-order valence-electron chi connectivity index (χ4n) is 2.30. The molecule has 0 atom stereocenters. The molecule has 0 fully saturated rings. The molecule has 2 rings (SSSR count). The molecule has 22 heavy (non-hydrogen) atoms. The maximum absolute atomic E-state index is 11.9. The predicted molar refractivity (Wildman–Crippen MR) is 87.4 cm³/mol. The van der Waals surface area contributed by atoms with Crippen molar-refractivity contribution in [2.75, 3.05) is 26.7 Å². The highest BCUT2D eigenvalue weighted by Gasteiger charge is 2.10. The van der Waals surface area contributed by atoms with Crippen LogP contribution >= 0.6 is 0 Å². The van der Waals surface area contributed by atoms with Crippen LogP contribution < -0.4 is 11.1 Å². The average Bonchev–Trinajstić information content (AvgIpc) is 2.56. The Morgan fingerprint density at radius 1 is 1.14 bits per heavy atom. The van der Waals surface area contributed by atoms with Crippen LogP contribution in [0.25, 0.3) is 10.8 Å². The molecule has 3 N–H and O–H groups in total. The van der Waals surface area contributed by atoms with Crippen molar-refractivity contribution in [3.05, 3.63) is 48.0 Å². The van der Waals surface area contributed by atoms with Crippen LogP contribution in [0.5, 0.6) is 0 Å². The van der Waals surface area contributed by atoms with Crippen molar-refractivity contribution in [3.8, 4) is 0 Å². The van der Waals surface area contributed by atoms with Crippen LogP contribution in [0.3, 0.4) is 0 Å². The number of hydrogen-bond donors (Lipinski definition) is 2. The van der Waals surface area contributed by atoms with E-state index in [0.29, 0.717) is 6.54 Å². The first-order valence-corrected chi connectivity index (χ1v) is 7.29. The van der Waals surface area contributed by atoms with E-state index in [1.807, 2.05) is 18.2 Å². The van der Waals surface area contributed by atoms with Crippen molar-refractivity contribution in [1.82, 2.24) is 10.2 Å². The molecule has 5 heteroatoms. The molecular formula is C17H21N3O2. The Bertz CT molecular complexity index is 665. The Kier molecular flexibility index (Phi) is 5.49. The van der Waals surface area contributed by atoms with E-state index >= 15 is 0 Å². The van der Waals surface area contributed by atoms with Gasteiger partial charge in [-0.25, -0.2) is 0 Å². The quantitative estimate of drug-likeness (QED) is 0.832.